The standard InChI is InChI=1S/C37H47ClN2O4/c1-4-5-6-7-8-15-36(44-28(2)41)32-12-9-11-30(24-32)26-40-22-20-29(21-23-40)27-43-35-14-10-13-33(25-35)37(39-42-3)31-16-18-34(38)19-17-31/h9-14,16-19,24-25,29,36H,4-8,15,20-23,26-27H2,1-3H3/b39-37+/t36-/m0/s1. The van der Waals surface area contributed by atoms with E-state index < -0.39 is 0 Å². The minimum Gasteiger partial charge on any atom is -0.493 e. The summed E-state index contributed by atoms with van der Waals surface area (Å²) in [5.74, 6) is 1.12. The van der Waals surface area contributed by atoms with Crippen molar-refractivity contribution in [1.82, 2.24) is 4.90 Å². The highest BCUT2D eigenvalue weighted by molar-refractivity contribution is 6.30. The van der Waals surface area contributed by atoms with E-state index in [9.17, 15) is 4.79 Å². The fourth-order valence-corrected chi connectivity index (χ4v) is 5.93. The van der Waals surface area contributed by atoms with Crippen LogP contribution in [0, 0.1) is 5.92 Å². The number of piperidine rings is 1. The predicted octanol–water partition coefficient (Wildman–Crippen LogP) is 8.99. The van der Waals surface area contributed by atoms with Crippen LogP contribution in [-0.4, -0.2) is 43.4 Å². The van der Waals surface area contributed by atoms with Gasteiger partial charge in [-0.1, -0.05) is 97.9 Å². The molecule has 0 saturated carbocycles. The predicted molar refractivity (Wildman–Crippen MR) is 178 cm³/mol. The Kier molecular flexibility index (Phi) is 13.6. The first-order valence-electron chi connectivity index (χ1n) is 16.0. The molecule has 0 aromatic heterocycles. The first-order chi connectivity index (χ1) is 21.4. The number of benzene rings is 3. The molecule has 3 aromatic carbocycles. The smallest absolute Gasteiger partial charge is 0.303 e. The van der Waals surface area contributed by atoms with Gasteiger partial charge >= 0.3 is 5.97 Å². The topological polar surface area (TPSA) is 60.4 Å². The van der Waals surface area contributed by atoms with Crippen molar-refractivity contribution in [3.63, 3.8) is 0 Å². The first kappa shape index (κ1) is 33.5. The van der Waals surface area contributed by atoms with Crippen molar-refractivity contribution in [2.45, 2.75) is 77.9 Å². The van der Waals surface area contributed by atoms with Gasteiger partial charge in [-0.3, -0.25) is 9.69 Å². The largest absolute Gasteiger partial charge is 0.493 e. The van der Waals surface area contributed by atoms with Crippen LogP contribution in [0.5, 0.6) is 5.75 Å². The van der Waals surface area contributed by atoms with Crippen LogP contribution in [0.1, 0.15) is 93.6 Å². The zero-order valence-corrected chi connectivity index (χ0v) is 27.2. The molecule has 1 atom stereocenters. The maximum Gasteiger partial charge on any atom is 0.303 e. The lowest BCUT2D eigenvalue weighted by Gasteiger charge is -2.32. The van der Waals surface area contributed by atoms with E-state index in [-0.39, 0.29) is 12.1 Å². The minimum absolute atomic E-state index is 0.168. The number of carbonyl (C=O) groups excluding carboxylic acids is 1. The van der Waals surface area contributed by atoms with Crippen molar-refractivity contribution >= 4 is 23.3 Å². The molecule has 0 unspecified atom stereocenters. The van der Waals surface area contributed by atoms with Crippen molar-refractivity contribution < 1.29 is 19.1 Å². The number of carbonyl (C=O) groups is 1. The van der Waals surface area contributed by atoms with E-state index in [0.717, 1.165) is 73.5 Å². The summed E-state index contributed by atoms with van der Waals surface area (Å²) in [6.45, 7) is 7.39. The molecule has 4 rings (SSSR count). The number of nitrogens with zero attached hydrogens (tertiary/aromatic N) is 2. The van der Waals surface area contributed by atoms with E-state index in [0.29, 0.717) is 17.5 Å². The molecular weight excluding hydrogens is 572 g/mol. The van der Waals surface area contributed by atoms with Crippen LogP contribution in [0.4, 0.5) is 0 Å². The highest BCUT2D eigenvalue weighted by atomic mass is 35.5. The normalized spacial score (nSPS) is 15.1. The van der Waals surface area contributed by atoms with Gasteiger partial charge in [0.2, 0.25) is 0 Å². The first-order valence-corrected chi connectivity index (χ1v) is 16.4. The fourth-order valence-electron chi connectivity index (χ4n) is 5.81. The van der Waals surface area contributed by atoms with Crippen LogP contribution < -0.4 is 4.74 Å². The third kappa shape index (κ3) is 10.7. The highest BCUT2D eigenvalue weighted by Gasteiger charge is 2.21. The van der Waals surface area contributed by atoms with Crippen LogP contribution in [0.25, 0.3) is 0 Å². The molecule has 6 nitrogen and oxygen atoms in total. The summed E-state index contributed by atoms with van der Waals surface area (Å²) in [4.78, 5) is 19.5. The number of rotatable bonds is 16. The van der Waals surface area contributed by atoms with E-state index in [1.807, 2.05) is 48.5 Å². The van der Waals surface area contributed by atoms with Crippen LogP contribution in [0.3, 0.4) is 0 Å². The van der Waals surface area contributed by atoms with Gasteiger partial charge in [0.05, 0.1) is 6.61 Å². The molecular formula is C37H47ClN2O4. The number of unbranched alkanes of at least 4 members (excludes halogenated alkanes) is 4. The quantitative estimate of drug-likeness (QED) is 0.0694. The Morgan fingerprint density at radius 1 is 0.955 bits per heavy atom. The van der Waals surface area contributed by atoms with Gasteiger partial charge in [0.25, 0.3) is 0 Å². The Bertz CT molecular complexity index is 1340. The molecule has 7 heteroatoms. The van der Waals surface area contributed by atoms with Crippen molar-refractivity contribution in [3.8, 4) is 5.75 Å². The molecule has 0 radical (unpaired) electrons. The van der Waals surface area contributed by atoms with Crippen molar-refractivity contribution in [2.75, 3.05) is 26.8 Å². The molecule has 0 spiro atoms. The van der Waals surface area contributed by atoms with Crippen molar-refractivity contribution in [2.24, 2.45) is 11.1 Å². The molecule has 0 aliphatic carbocycles. The summed E-state index contributed by atoms with van der Waals surface area (Å²) in [7, 11) is 1.55. The lowest BCUT2D eigenvalue weighted by molar-refractivity contribution is -0.147. The summed E-state index contributed by atoms with van der Waals surface area (Å²) < 4.78 is 12.0. The third-order valence-electron chi connectivity index (χ3n) is 8.21. The van der Waals surface area contributed by atoms with Crippen LogP contribution >= 0.6 is 11.6 Å². The maximum atomic E-state index is 11.8. The van der Waals surface area contributed by atoms with Gasteiger partial charge in [0.15, 0.2) is 0 Å². The zero-order chi connectivity index (χ0) is 31.1. The summed E-state index contributed by atoms with van der Waals surface area (Å²) in [5.41, 5.74) is 4.96. The van der Waals surface area contributed by atoms with Gasteiger partial charge in [-0.05, 0) is 80.1 Å². The third-order valence-corrected chi connectivity index (χ3v) is 8.46. The average Bonchev–Trinajstić information content (AvgIpc) is 3.03. The van der Waals surface area contributed by atoms with Gasteiger partial charge in [-0.15, -0.1) is 0 Å². The number of ether oxygens (including phenoxy) is 2. The lowest BCUT2D eigenvalue weighted by Crippen LogP contribution is -2.35. The van der Waals surface area contributed by atoms with Gasteiger partial charge in [0.1, 0.15) is 24.7 Å². The Morgan fingerprint density at radius 2 is 1.70 bits per heavy atom. The lowest BCUT2D eigenvalue weighted by atomic mass is 9.96. The maximum absolute atomic E-state index is 11.8. The molecule has 1 saturated heterocycles. The molecule has 1 heterocycles. The highest BCUT2D eigenvalue weighted by Crippen LogP contribution is 2.27. The summed E-state index contributed by atoms with van der Waals surface area (Å²) in [6.07, 6.45) is 8.88. The molecule has 236 valence electrons. The zero-order valence-electron chi connectivity index (χ0n) is 26.5. The Labute approximate surface area is 268 Å². The number of hydrogen-bond donors (Lipinski definition) is 0. The van der Waals surface area contributed by atoms with E-state index in [2.05, 4.69) is 41.2 Å². The number of likely N-dealkylation sites (tertiary alicyclic amines) is 1. The van der Waals surface area contributed by atoms with Gasteiger partial charge in [0, 0.05) is 29.6 Å². The van der Waals surface area contributed by atoms with E-state index in [1.54, 1.807) is 7.11 Å². The van der Waals surface area contributed by atoms with Gasteiger partial charge in [-0.2, -0.15) is 0 Å². The molecule has 3 aromatic rings. The van der Waals surface area contributed by atoms with Crippen molar-refractivity contribution in [3.05, 3.63) is 100 Å². The second-order valence-corrected chi connectivity index (χ2v) is 12.2. The number of halogens is 1. The average molecular weight is 619 g/mol. The second kappa shape index (κ2) is 17.8. The monoisotopic (exact) mass is 618 g/mol. The van der Waals surface area contributed by atoms with Gasteiger partial charge in [-0.25, -0.2) is 0 Å². The molecule has 0 N–H and O–H groups in total. The minimum atomic E-state index is -0.213. The fraction of sp³-hybridized carbons (Fsp3) is 0.459. The SMILES string of the molecule is CCCCCCC[C@H](OC(C)=O)c1cccc(CN2CCC(COc3cccc(/C(=N/OC)c4ccc(Cl)cc4)c3)CC2)c1. The van der Waals surface area contributed by atoms with Crippen molar-refractivity contribution in [1.29, 1.82) is 0 Å². The molecule has 0 amide bonds. The number of hydrogen-bond acceptors (Lipinski definition) is 6. The molecule has 1 aliphatic heterocycles. The van der Waals surface area contributed by atoms with Crippen LogP contribution in [0.2, 0.25) is 5.02 Å². The Hall–Kier alpha value is -3.35. The Balaban J connectivity index is 1.28. The molecule has 1 fully saturated rings. The number of oxime groups is 1. The number of esters is 1. The van der Waals surface area contributed by atoms with E-state index >= 15 is 0 Å². The second-order valence-electron chi connectivity index (χ2n) is 11.7. The Morgan fingerprint density at radius 3 is 2.43 bits per heavy atom. The summed E-state index contributed by atoms with van der Waals surface area (Å²) in [5, 5.41) is 4.95. The van der Waals surface area contributed by atoms with Crippen LogP contribution in [0.15, 0.2) is 78.0 Å². The van der Waals surface area contributed by atoms with E-state index in [4.69, 9.17) is 25.9 Å². The molecule has 44 heavy (non-hydrogen) atoms. The summed E-state index contributed by atoms with van der Waals surface area (Å²) in [6, 6.07) is 24.2. The summed E-state index contributed by atoms with van der Waals surface area (Å²) >= 11 is 6.08. The van der Waals surface area contributed by atoms with E-state index in [1.165, 1.54) is 38.2 Å². The van der Waals surface area contributed by atoms with Gasteiger partial charge < -0.3 is 14.3 Å². The van der Waals surface area contributed by atoms with Crippen LogP contribution in [-0.2, 0) is 20.9 Å². The molecule has 1 aliphatic rings. The molecule has 0 bridgehead atoms.